The molecule has 0 aromatic carbocycles. The molecule has 2 fully saturated rings. The van der Waals surface area contributed by atoms with Crippen molar-refractivity contribution in [1.29, 1.82) is 0 Å². The molecule has 740 valence electrons. The van der Waals surface area contributed by atoms with Crippen LogP contribution in [0.1, 0.15) is 496 Å². The van der Waals surface area contributed by atoms with Gasteiger partial charge in [-0.2, -0.15) is 0 Å². The van der Waals surface area contributed by atoms with Gasteiger partial charge in [0.1, 0.15) is 18.3 Å². The van der Waals surface area contributed by atoms with Gasteiger partial charge in [-0.3, -0.25) is 9.59 Å². The van der Waals surface area contributed by atoms with Crippen LogP contribution in [-0.2, 0) is 33.3 Å². The number of hydrogen-bond acceptors (Lipinski definition) is 11. The lowest BCUT2D eigenvalue weighted by Crippen LogP contribution is -2.67. The van der Waals surface area contributed by atoms with Crippen molar-refractivity contribution >= 4 is 11.6 Å². The number of ether oxygens (including phenoxy) is 5. The number of aliphatic hydroxyl groups excluding tert-OH is 4. The van der Waals surface area contributed by atoms with Gasteiger partial charge in [-0.15, -0.1) is 0 Å². The summed E-state index contributed by atoms with van der Waals surface area (Å²) in [5.41, 5.74) is 5.30. The van der Waals surface area contributed by atoms with Crippen molar-refractivity contribution in [2.75, 3.05) is 48.8 Å². The van der Waals surface area contributed by atoms with Crippen LogP contribution in [-0.4, -0.2) is 117 Å². The molecule has 0 bridgehead atoms. The molecule has 0 amide bonds. The summed E-state index contributed by atoms with van der Waals surface area (Å²) in [4.78, 5) is 25.4. The van der Waals surface area contributed by atoms with Gasteiger partial charge in [0.25, 0.3) is 0 Å². The Kier molecular flexibility index (Phi) is 630. The summed E-state index contributed by atoms with van der Waals surface area (Å²) in [7, 11) is 7.29. The predicted octanol–water partition coefficient (Wildman–Crippen LogP) is 39.3. The summed E-state index contributed by atoms with van der Waals surface area (Å²) in [6.07, 6.45) is 16.5. The average molecular weight is 1640 g/mol. The molecule has 0 heterocycles. The standard InChI is InChI=1S/C25H44O6.C24H42O5.49CH4/c1-17(11-9-13-19(3)16-26)10-8-12-18(2)14-15-21-20(4)22(27)24(29-5)25(30-6,31-7)23(21)28;1-16(10-8-12-18(3)15-25)9-7-11-17(2)13-14-20-19(4)21(26)23(28-5)24(29-6)22(20)27;;;;;;;;;;;;;;;;;;;;;;;;;;;;;;;;;;;;;;;;;;;;;;;;;/h10,14,19-21,23-24,26,28H,8-9,11-13,15-16H2,1-7H3;9,13,18-20,22-25,27H,7-8,10-12,14-15H2,1-6H3;49*1H4/b17-10+,18-14+;16-9+,17-13+;;;;;;;;;;;;;;;;;;;;;;;;;;;;;;;;;;;;;;;;;;;;;;;;;/t19?,20?,21-,23-,24?;18?,19?,20-,22-,23?,24?;;;;;;;;;;;;;;;;;;;;;;;;;;;;;;;;;;;;;;;;;;;;;;;;;/m11................................................./s1. The highest BCUT2D eigenvalue weighted by Gasteiger charge is 2.59. The SMILES string of the molecule is C.C.C.C.C.C.C.C.C.C.C.C.C.C.C.C.C.C.C.C.C.C.C.C.C.C.C.C.C.C.C.C.C.C.C.C.C.C.C.C.C.C.C.C.C.C.C.C.C.COC1C(=O)C(C)[C@@H](C/C=C(\C)CC/C=C(\C)CCCC(C)CO)[C@@H](O)C1(OC)OC.COC1C(=O)C(C)[C@@H](C/C=C(\C)CC/C=C(\C)CCCC(C)CO)[C@@H](O)C1OC. The number of ketones is 2. The van der Waals surface area contributed by atoms with Crippen LogP contribution >= 0.6 is 0 Å². The van der Waals surface area contributed by atoms with Crippen LogP contribution in [0.3, 0.4) is 0 Å². The number of aliphatic hydroxyl groups is 4. The van der Waals surface area contributed by atoms with Crippen LogP contribution in [0.15, 0.2) is 46.6 Å². The van der Waals surface area contributed by atoms with Crippen LogP contribution < -0.4 is 0 Å². The zero-order valence-corrected chi connectivity index (χ0v) is 39.7. The maximum atomic E-state index is 12.8. The molecular weight excluding hydrogens is 1350 g/mol. The zero-order valence-electron chi connectivity index (χ0n) is 39.7. The first kappa shape index (κ1) is 358. The van der Waals surface area contributed by atoms with Crippen molar-refractivity contribution in [3.05, 3.63) is 46.6 Å². The maximum absolute atomic E-state index is 12.8. The molecule has 0 radical (unpaired) electrons. The fourth-order valence-corrected chi connectivity index (χ4v) is 8.55. The fourth-order valence-electron chi connectivity index (χ4n) is 8.55. The summed E-state index contributed by atoms with van der Waals surface area (Å²) in [6.45, 7) is 16.9. The molecule has 0 aromatic rings. The number of methoxy groups -OCH3 is 5. The lowest BCUT2D eigenvalue weighted by atomic mass is 9.70. The number of hydrogen-bond donors (Lipinski definition) is 4. The van der Waals surface area contributed by atoms with Crippen LogP contribution in [0.25, 0.3) is 0 Å². The van der Waals surface area contributed by atoms with E-state index in [-0.39, 0.29) is 412 Å². The second-order valence-electron chi connectivity index (χ2n) is 17.9. The Labute approximate surface area is 725 Å². The molecule has 109 heavy (non-hydrogen) atoms. The highest BCUT2D eigenvalue weighted by Crippen LogP contribution is 2.41. The van der Waals surface area contributed by atoms with E-state index in [9.17, 15) is 19.8 Å². The molecule has 0 aliphatic heterocycles. The molecule has 11 nitrogen and oxygen atoms in total. The monoisotopic (exact) mass is 1640 g/mol. The van der Waals surface area contributed by atoms with E-state index in [1.807, 2.05) is 13.8 Å². The second-order valence-corrected chi connectivity index (χ2v) is 17.9. The molecule has 0 spiro atoms. The molecule has 2 saturated carbocycles. The van der Waals surface area contributed by atoms with E-state index in [2.05, 4.69) is 65.8 Å². The maximum Gasteiger partial charge on any atom is 0.228 e. The normalized spacial score (nSPS) is 16.0. The third-order valence-corrected chi connectivity index (χ3v) is 13.1. The fraction of sp³-hybridized carbons (Fsp3) is 0.898. The number of allylic oxidation sites excluding steroid dienone is 8. The third kappa shape index (κ3) is 115. The Morgan fingerprint density at radius 3 is 0.817 bits per heavy atom. The van der Waals surface area contributed by atoms with E-state index in [0.717, 1.165) is 64.2 Å². The molecule has 4 N–H and O–H groups in total. The van der Waals surface area contributed by atoms with Gasteiger partial charge < -0.3 is 44.1 Å². The van der Waals surface area contributed by atoms with Gasteiger partial charge in [0.15, 0.2) is 17.7 Å². The highest BCUT2D eigenvalue weighted by atomic mass is 16.7. The molecule has 0 aromatic heterocycles. The molecule has 11 atom stereocenters. The van der Waals surface area contributed by atoms with E-state index in [1.165, 1.54) is 57.8 Å². The minimum absolute atomic E-state index is 0. The first-order valence-electron chi connectivity index (χ1n) is 22.4. The Morgan fingerprint density at radius 2 is 0.596 bits per heavy atom. The predicted molar refractivity (Wildman–Crippen MR) is 569 cm³/mol. The van der Waals surface area contributed by atoms with Crippen molar-refractivity contribution in [2.45, 2.75) is 533 Å². The zero-order chi connectivity index (χ0) is 45.6. The largest absolute Gasteiger partial charge is 0.396 e. The average Bonchev–Trinajstić information content (AvgIpc) is 3.23. The van der Waals surface area contributed by atoms with E-state index in [0.29, 0.717) is 24.7 Å². The van der Waals surface area contributed by atoms with Crippen LogP contribution in [0.4, 0.5) is 0 Å². The highest BCUT2D eigenvalue weighted by molar-refractivity contribution is 5.88. The number of carbonyl (C=O) groups is 2. The minimum atomic E-state index is -1.49. The smallest absolute Gasteiger partial charge is 0.228 e. The summed E-state index contributed by atoms with van der Waals surface area (Å²) >= 11 is 0. The van der Waals surface area contributed by atoms with Gasteiger partial charge in [-0.05, 0) is 117 Å². The van der Waals surface area contributed by atoms with E-state index in [1.54, 1.807) is 0 Å². The third-order valence-electron chi connectivity index (χ3n) is 13.1. The van der Waals surface area contributed by atoms with Gasteiger partial charge in [0.2, 0.25) is 5.79 Å². The quantitative estimate of drug-likeness (QED) is 0.0509. The van der Waals surface area contributed by atoms with Crippen LogP contribution in [0, 0.1) is 35.5 Å². The van der Waals surface area contributed by atoms with Crippen molar-refractivity contribution in [3.8, 4) is 0 Å². The van der Waals surface area contributed by atoms with E-state index in [4.69, 9.17) is 33.9 Å². The summed E-state index contributed by atoms with van der Waals surface area (Å²) in [5, 5.41) is 39.9. The van der Waals surface area contributed by atoms with Crippen LogP contribution in [0.2, 0.25) is 0 Å². The summed E-state index contributed by atoms with van der Waals surface area (Å²) in [5.74, 6) is -1.90. The Hall–Kier alpha value is -2.06. The number of rotatable bonds is 25. The molecule has 7 unspecified atom stereocenters. The van der Waals surface area contributed by atoms with Gasteiger partial charge in [-0.1, -0.05) is 438 Å². The topological polar surface area (TPSA) is 161 Å². The molecule has 2 rings (SSSR count). The lowest BCUT2D eigenvalue weighted by Gasteiger charge is -2.48. The Balaban J connectivity index is -0.00000000970. The van der Waals surface area contributed by atoms with Crippen molar-refractivity contribution in [2.24, 2.45) is 35.5 Å². The Morgan fingerprint density at radius 1 is 0.358 bits per heavy atom. The van der Waals surface area contributed by atoms with Crippen molar-refractivity contribution < 1.29 is 53.7 Å². The van der Waals surface area contributed by atoms with Crippen molar-refractivity contribution in [3.63, 3.8) is 0 Å². The Bertz CT molecular complexity index is 1370. The summed E-state index contributed by atoms with van der Waals surface area (Å²) in [6, 6.07) is 0. The first-order chi connectivity index (χ1) is 28.4. The molecular formula is C98H282O11. The van der Waals surface area contributed by atoms with E-state index < -0.39 is 36.3 Å². The van der Waals surface area contributed by atoms with Gasteiger partial charge in [-0.25, -0.2) is 0 Å². The minimum Gasteiger partial charge on any atom is -0.396 e. The van der Waals surface area contributed by atoms with Gasteiger partial charge >= 0.3 is 0 Å². The molecule has 11 heteroatoms. The number of Topliss-reactive ketones (excluding diaryl/α,β-unsaturated/α-hetero) is 2. The molecule has 0 saturated heterocycles. The summed E-state index contributed by atoms with van der Waals surface area (Å²) < 4.78 is 27.0. The van der Waals surface area contributed by atoms with Crippen LogP contribution in [0.5, 0.6) is 0 Å². The molecule has 2 aliphatic rings. The number of carbonyl (C=O) groups excluding carboxylic acids is 2. The molecule has 2 aliphatic carbocycles. The van der Waals surface area contributed by atoms with E-state index >= 15 is 0 Å². The van der Waals surface area contributed by atoms with Gasteiger partial charge in [0.05, 0.1) is 6.10 Å². The lowest BCUT2D eigenvalue weighted by molar-refractivity contribution is -0.320. The first-order valence-corrected chi connectivity index (χ1v) is 22.4. The second kappa shape index (κ2) is 192. The van der Waals surface area contributed by atoms with Gasteiger partial charge in [0, 0.05) is 72.4 Å². The van der Waals surface area contributed by atoms with Crippen molar-refractivity contribution in [1.82, 2.24) is 0 Å².